The molecule has 1 saturated heterocycles. The van der Waals surface area contributed by atoms with E-state index in [-0.39, 0.29) is 22.9 Å². The zero-order valence-corrected chi connectivity index (χ0v) is 12.7. The van der Waals surface area contributed by atoms with Crippen molar-refractivity contribution >= 4 is 17.7 Å². The predicted octanol–water partition coefficient (Wildman–Crippen LogP) is 3.77. The van der Waals surface area contributed by atoms with Crippen LogP contribution < -0.4 is 0 Å². The largest absolute Gasteiger partial charge is 0.342 e. The molecule has 1 aliphatic heterocycles. The van der Waals surface area contributed by atoms with Gasteiger partial charge in [-0.25, -0.2) is 8.78 Å². The number of carbonyl (C=O) groups is 1. The maximum absolute atomic E-state index is 13.9. The van der Waals surface area contributed by atoms with E-state index in [1.165, 1.54) is 12.1 Å². The molecule has 2 aliphatic rings. The Morgan fingerprint density at radius 2 is 2.00 bits per heavy atom. The third-order valence-corrected chi connectivity index (χ3v) is 5.72. The SMILES string of the molecule is O=C(C1CCC1)N1CCSC(c2cc(F)ccc2F)CC1. The molecule has 2 nitrogen and oxygen atoms in total. The topological polar surface area (TPSA) is 20.3 Å². The normalized spacial score (nSPS) is 23.5. The molecule has 1 unspecified atom stereocenters. The molecule has 0 spiro atoms. The number of hydrogen-bond donors (Lipinski definition) is 0. The van der Waals surface area contributed by atoms with Crippen LogP contribution in [0.3, 0.4) is 0 Å². The summed E-state index contributed by atoms with van der Waals surface area (Å²) in [5, 5.41) is -0.0695. The molecule has 1 atom stereocenters. The summed E-state index contributed by atoms with van der Waals surface area (Å²) in [6.45, 7) is 1.36. The molecule has 1 aromatic rings. The second-order valence-corrected chi connectivity index (χ2v) is 7.08. The van der Waals surface area contributed by atoms with Crippen LogP contribution in [0.4, 0.5) is 8.78 Å². The number of amides is 1. The number of carbonyl (C=O) groups excluding carboxylic acids is 1. The monoisotopic (exact) mass is 311 g/mol. The average Bonchev–Trinajstić information content (AvgIpc) is 2.65. The molecule has 21 heavy (non-hydrogen) atoms. The van der Waals surface area contributed by atoms with Crippen molar-refractivity contribution < 1.29 is 13.6 Å². The molecule has 114 valence electrons. The minimum absolute atomic E-state index is 0.0695. The van der Waals surface area contributed by atoms with Gasteiger partial charge < -0.3 is 4.90 Å². The maximum atomic E-state index is 13.9. The van der Waals surface area contributed by atoms with Crippen molar-refractivity contribution in [2.24, 2.45) is 5.92 Å². The first-order chi connectivity index (χ1) is 10.1. The predicted molar refractivity (Wildman–Crippen MR) is 80.1 cm³/mol. The second-order valence-electron chi connectivity index (χ2n) is 5.77. The Labute approximate surface area is 127 Å². The van der Waals surface area contributed by atoms with Crippen LogP contribution in [0.1, 0.15) is 36.5 Å². The number of nitrogens with zero attached hydrogens (tertiary/aromatic N) is 1. The van der Waals surface area contributed by atoms with E-state index in [0.29, 0.717) is 25.1 Å². The Bertz CT molecular complexity index is 533. The van der Waals surface area contributed by atoms with Gasteiger partial charge in [0.25, 0.3) is 0 Å². The third kappa shape index (κ3) is 3.23. The number of thioether (sulfide) groups is 1. The highest BCUT2D eigenvalue weighted by molar-refractivity contribution is 7.99. The molecule has 0 N–H and O–H groups in total. The standard InChI is InChI=1S/C16H19F2NOS/c17-12-4-5-14(18)13(10-12)15-6-7-19(8-9-21-15)16(20)11-2-1-3-11/h4-5,10-11,15H,1-3,6-9H2. The molecule has 0 radical (unpaired) electrons. The van der Waals surface area contributed by atoms with Gasteiger partial charge in [0.05, 0.1) is 0 Å². The van der Waals surface area contributed by atoms with Gasteiger partial charge in [-0.05, 0) is 37.5 Å². The van der Waals surface area contributed by atoms with Gasteiger partial charge in [-0.1, -0.05) is 6.42 Å². The van der Waals surface area contributed by atoms with Gasteiger partial charge in [0.1, 0.15) is 11.6 Å². The van der Waals surface area contributed by atoms with E-state index in [4.69, 9.17) is 0 Å². The van der Waals surface area contributed by atoms with Gasteiger partial charge in [0.15, 0.2) is 0 Å². The fourth-order valence-electron chi connectivity index (χ4n) is 2.91. The van der Waals surface area contributed by atoms with E-state index in [1.54, 1.807) is 11.8 Å². The van der Waals surface area contributed by atoms with E-state index < -0.39 is 5.82 Å². The maximum Gasteiger partial charge on any atom is 0.225 e. The fraction of sp³-hybridized carbons (Fsp3) is 0.562. The summed E-state index contributed by atoms with van der Waals surface area (Å²) in [5.41, 5.74) is 0.429. The lowest BCUT2D eigenvalue weighted by Crippen LogP contribution is -2.40. The Kier molecular flexibility index (Phi) is 4.48. The molecule has 0 aromatic heterocycles. The molecule has 0 bridgehead atoms. The van der Waals surface area contributed by atoms with Crippen molar-refractivity contribution in [1.29, 1.82) is 0 Å². The van der Waals surface area contributed by atoms with Crippen molar-refractivity contribution in [3.8, 4) is 0 Å². The van der Waals surface area contributed by atoms with Crippen LogP contribution in [-0.4, -0.2) is 29.6 Å². The number of halogens is 2. The lowest BCUT2D eigenvalue weighted by Gasteiger charge is -2.30. The van der Waals surface area contributed by atoms with Gasteiger partial charge in [0.2, 0.25) is 5.91 Å². The zero-order valence-electron chi connectivity index (χ0n) is 11.9. The smallest absolute Gasteiger partial charge is 0.225 e. The van der Waals surface area contributed by atoms with E-state index in [9.17, 15) is 13.6 Å². The van der Waals surface area contributed by atoms with Crippen LogP contribution in [0.15, 0.2) is 18.2 Å². The molecular weight excluding hydrogens is 292 g/mol. The highest BCUT2D eigenvalue weighted by Gasteiger charge is 2.31. The quantitative estimate of drug-likeness (QED) is 0.828. The summed E-state index contributed by atoms with van der Waals surface area (Å²) in [6.07, 6.45) is 3.84. The summed E-state index contributed by atoms with van der Waals surface area (Å²) in [5.74, 6) is 0.477. The van der Waals surface area contributed by atoms with Gasteiger partial charge in [-0.2, -0.15) is 11.8 Å². The number of benzene rings is 1. The Morgan fingerprint density at radius 3 is 2.71 bits per heavy atom. The average molecular weight is 311 g/mol. The van der Waals surface area contributed by atoms with Crippen LogP contribution in [0.5, 0.6) is 0 Å². The van der Waals surface area contributed by atoms with Crippen LogP contribution in [-0.2, 0) is 4.79 Å². The molecular formula is C16H19F2NOS. The Balaban J connectivity index is 1.67. The molecule has 1 aliphatic carbocycles. The first-order valence-electron chi connectivity index (χ1n) is 7.50. The van der Waals surface area contributed by atoms with Gasteiger partial charge >= 0.3 is 0 Å². The molecule has 1 aromatic carbocycles. The van der Waals surface area contributed by atoms with E-state index >= 15 is 0 Å². The van der Waals surface area contributed by atoms with Crippen molar-refractivity contribution in [2.45, 2.75) is 30.9 Å². The summed E-state index contributed by atoms with van der Waals surface area (Å²) in [6, 6.07) is 3.62. The van der Waals surface area contributed by atoms with Crippen molar-refractivity contribution in [3.05, 3.63) is 35.4 Å². The van der Waals surface area contributed by atoms with Gasteiger partial charge in [-0.3, -0.25) is 4.79 Å². The highest BCUT2D eigenvalue weighted by atomic mass is 32.2. The van der Waals surface area contributed by atoms with Crippen LogP contribution in [0, 0.1) is 17.6 Å². The fourth-order valence-corrected chi connectivity index (χ4v) is 4.16. The molecule has 5 heteroatoms. The zero-order chi connectivity index (χ0) is 14.8. The molecule has 2 fully saturated rings. The van der Waals surface area contributed by atoms with Crippen molar-refractivity contribution in [2.75, 3.05) is 18.8 Å². The van der Waals surface area contributed by atoms with Gasteiger partial charge in [0, 0.05) is 35.6 Å². The Morgan fingerprint density at radius 1 is 1.19 bits per heavy atom. The third-order valence-electron chi connectivity index (χ3n) is 4.41. The molecule has 1 saturated carbocycles. The first kappa shape index (κ1) is 14.8. The van der Waals surface area contributed by atoms with E-state index in [2.05, 4.69) is 0 Å². The van der Waals surface area contributed by atoms with E-state index in [0.717, 1.165) is 31.1 Å². The van der Waals surface area contributed by atoms with Gasteiger partial charge in [-0.15, -0.1) is 0 Å². The van der Waals surface area contributed by atoms with Crippen LogP contribution >= 0.6 is 11.8 Å². The van der Waals surface area contributed by atoms with Crippen LogP contribution in [0.25, 0.3) is 0 Å². The minimum Gasteiger partial charge on any atom is -0.342 e. The summed E-state index contributed by atoms with van der Waals surface area (Å²) in [7, 11) is 0. The van der Waals surface area contributed by atoms with Crippen molar-refractivity contribution in [1.82, 2.24) is 4.90 Å². The van der Waals surface area contributed by atoms with E-state index in [1.807, 2.05) is 4.90 Å². The lowest BCUT2D eigenvalue weighted by atomic mass is 9.84. The highest BCUT2D eigenvalue weighted by Crippen LogP contribution is 2.37. The first-order valence-corrected chi connectivity index (χ1v) is 8.55. The molecule has 1 amide bonds. The number of rotatable bonds is 2. The summed E-state index contributed by atoms with van der Waals surface area (Å²) >= 11 is 1.62. The van der Waals surface area contributed by atoms with Crippen LogP contribution in [0.2, 0.25) is 0 Å². The summed E-state index contributed by atoms with van der Waals surface area (Å²) in [4.78, 5) is 14.2. The number of hydrogen-bond acceptors (Lipinski definition) is 2. The second kappa shape index (κ2) is 6.34. The molecule has 3 rings (SSSR count). The Hall–Kier alpha value is -1.10. The van der Waals surface area contributed by atoms with Crippen molar-refractivity contribution in [3.63, 3.8) is 0 Å². The minimum atomic E-state index is -0.404. The molecule has 1 heterocycles. The summed E-state index contributed by atoms with van der Waals surface area (Å²) < 4.78 is 27.2. The lowest BCUT2D eigenvalue weighted by molar-refractivity contribution is -0.137.